The summed E-state index contributed by atoms with van der Waals surface area (Å²) >= 11 is 0. The molecule has 1 fully saturated rings. The molecule has 0 aliphatic carbocycles. The molecule has 1 aliphatic heterocycles. The number of likely N-dealkylation sites (N-methyl/N-ethyl adjacent to an activating group) is 1. The van der Waals surface area contributed by atoms with Crippen LogP contribution in [0.2, 0.25) is 0 Å². The molecule has 1 atom stereocenters. The van der Waals surface area contributed by atoms with E-state index in [0.29, 0.717) is 5.92 Å². The van der Waals surface area contributed by atoms with E-state index in [0.717, 1.165) is 38.0 Å². The second-order valence-corrected chi connectivity index (χ2v) is 5.84. The number of carbonyl (C=O) groups is 1. The summed E-state index contributed by atoms with van der Waals surface area (Å²) in [6, 6.07) is 8.95. The Bertz CT molecular complexity index is 427. The fourth-order valence-electron chi connectivity index (χ4n) is 2.98. The number of likely N-dealkylation sites (tertiary alicyclic amines) is 1. The van der Waals surface area contributed by atoms with Crippen molar-refractivity contribution >= 4 is 5.97 Å². The van der Waals surface area contributed by atoms with Crippen LogP contribution in [0.3, 0.4) is 0 Å². The van der Waals surface area contributed by atoms with Crippen molar-refractivity contribution in [2.75, 3.05) is 33.7 Å². The average Bonchev–Trinajstić information content (AvgIpc) is 2.42. The van der Waals surface area contributed by atoms with E-state index in [9.17, 15) is 9.90 Å². The molecule has 0 aromatic heterocycles. The van der Waals surface area contributed by atoms with E-state index in [4.69, 9.17) is 0 Å². The van der Waals surface area contributed by atoms with E-state index < -0.39 is 12.0 Å². The predicted molar refractivity (Wildman–Crippen MR) is 79.7 cm³/mol. The number of piperidine rings is 1. The first-order valence-corrected chi connectivity index (χ1v) is 7.24. The van der Waals surface area contributed by atoms with E-state index in [1.165, 1.54) is 0 Å². The van der Waals surface area contributed by atoms with Crippen molar-refractivity contribution in [1.82, 2.24) is 9.80 Å². The molecular weight excluding hydrogens is 252 g/mol. The maximum absolute atomic E-state index is 11.6. The molecule has 2 rings (SSSR count). The first-order chi connectivity index (χ1) is 9.58. The van der Waals surface area contributed by atoms with Crippen LogP contribution in [0, 0.1) is 5.92 Å². The monoisotopic (exact) mass is 276 g/mol. The van der Waals surface area contributed by atoms with Crippen LogP contribution in [0.4, 0.5) is 0 Å². The summed E-state index contributed by atoms with van der Waals surface area (Å²) in [5, 5.41) is 9.52. The van der Waals surface area contributed by atoms with E-state index in [2.05, 4.69) is 11.9 Å². The number of benzene rings is 1. The lowest BCUT2D eigenvalue weighted by Gasteiger charge is -2.33. The van der Waals surface area contributed by atoms with E-state index in [-0.39, 0.29) is 0 Å². The third-order valence-electron chi connectivity index (χ3n) is 4.17. The lowest BCUT2D eigenvalue weighted by molar-refractivity contribution is -0.143. The molecule has 0 spiro atoms. The van der Waals surface area contributed by atoms with Crippen molar-refractivity contribution in [1.29, 1.82) is 0 Å². The number of aliphatic carboxylic acids is 1. The standard InChI is InChI=1S/C16H24N2O2/c1-17-10-8-13(9-11-17)12-18(2)15(16(19)20)14-6-4-3-5-7-14/h3-7,13,15H,8-12H2,1-2H3,(H,19,20). The van der Waals surface area contributed by atoms with Crippen molar-refractivity contribution in [3.8, 4) is 0 Å². The third-order valence-corrected chi connectivity index (χ3v) is 4.17. The van der Waals surface area contributed by atoms with Gasteiger partial charge in [-0.15, -0.1) is 0 Å². The maximum Gasteiger partial charge on any atom is 0.325 e. The molecule has 4 heteroatoms. The zero-order valence-corrected chi connectivity index (χ0v) is 12.3. The van der Waals surface area contributed by atoms with Gasteiger partial charge in [0.15, 0.2) is 0 Å². The van der Waals surface area contributed by atoms with E-state index >= 15 is 0 Å². The van der Waals surface area contributed by atoms with Crippen LogP contribution < -0.4 is 0 Å². The van der Waals surface area contributed by atoms with Gasteiger partial charge in [0.2, 0.25) is 0 Å². The van der Waals surface area contributed by atoms with Gasteiger partial charge in [-0.05, 0) is 51.5 Å². The van der Waals surface area contributed by atoms with Gasteiger partial charge in [-0.25, -0.2) is 0 Å². The minimum atomic E-state index is -0.772. The molecule has 1 saturated heterocycles. The lowest BCUT2D eigenvalue weighted by Crippen LogP contribution is -2.39. The molecule has 1 aromatic rings. The summed E-state index contributed by atoms with van der Waals surface area (Å²) in [4.78, 5) is 15.9. The van der Waals surface area contributed by atoms with Crippen LogP contribution in [0.5, 0.6) is 0 Å². The van der Waals surface area contributed by atoms with Gasteiger partial charge in [0.05, 0.1) is 0 Å². The molecule has 1 aliphatic rings. The maximum atomic E-state index is 11.6. The first-order valence-electron chi connectivity index (χ1n) is 7.24. The highest BCUT2D eigenvalue weighted by atomic mass is 16.4. The molecule has 110 valence electrons. The van der Waals surface area contributed by atoms with Gasteiger partial charge >= 0.3 is 5.97 Å². The number of nitrogens with zero attached hydrogens (tertiary/aromatic N) is 2. The Balaban J connectivity index is 2.01. The van der Waals surface area contributed by atoms with Crippen LogP contribution in [-0.4, -0.2) is 54.6 Å². The van der Waals surface area contributed by atoms with Crippen LogP contribution in [0.15, 0.2) is 30.3 Å². The molecular formula is C16H24N2O2. The van der Waals surface area contributed by atoms with Crippen LogP contribution in [-0.2, 0) is 4.79 Å². The molecule has 0 amide bonds. The SMILES string of the molecule is CN1CCC(CN(C)C(C(=O)O)c2ccccc2)CC1. The summed E-state index contributed by atoms with van der Waals surface area (Å²) < 4.78 is 0. The van der Waals surface area contributed by atoms with Gasteiger partial charge in [0.1, 0.15) is 6.04 Å². The highest BCUT2D eigenvalue weighted by Crippen LogP contribution is 2.24. The molecule has 4 nitrogen and oxygen atoms in total. The smallest absolute Gasteiger partial charge is 0.325 e. The number of carboxylic acids is 1. The molecule has 20 heavy (non-hydrogen) atoms. The highest BCUT2D eigenvalue weighted by molar-refractivity contribution is 5.75. The highest BCUT2D eigenvalue weighted by Gasteiger charge is 2.27. The Morgan fingerprint density at radius 1 is 1.35 bits per heavy atom. The van der Waals surface area contributed by atoms with Crippen LogP contribution >= 0.6 is 0 Å². The molecule has 1 heterocycles. The van der Waals surface area contributed by atoms with Crippen molar-refractivity contribution in [2.45, 2.75) is 18.9 Å². The van der Waals surface area contributed by atoms with Crippen LogP contribution in [0.1, 0.15) is 24.4 Å². The number of hydrogen-bond donors (Lipinski definition) is 1. The normalized spacial score (nSPS) is 19.1. The zero-order chi connectivity index (χ0) is 14.5. The molecule has 1 N–H and O–H groups in total. The molecule has 0 radical (unpaired) electrons. The average molecular weight is 276 g/mol. The van der Waals surface area contributed by atoms with Crippen molar-refractivity contribution in [3.05, 3.63) is 35.9 Å². The van der Waals surface area contributed by atoms with Gasteiger partial charge in [-0.2, -0.15) is 0 Å². The quantitative estimate of drug-likeness (QED) is 0.894. The Labute approximate surface area is 121 Å². The Morgan fingerprint density at radius 3 is 2.50 bits per heavy atom. The van der Waals surface area contributed by atoms with Crippen molar-refractivity contribution in [2.24, 2.45) is 5.92 Å². The molecule has 0 saturated carbocycles. The topological polar surface area (TPSA) is 43.8 Å². The Hall–Kier alpha value is -1.39. The van der Waals surface area contributed by atoms with E-state index in [1.54, 1.807) is 0 Å². The Morgan fingerprint density at radius 2 is 1.95 bits per heavy atom. The lowest BCUT2D eigenvalue weighted by atomic mass is 9.95. The van der Waals surface area contributed by atoms with Gasteiger partial charge < -0.3 is 10.0 Å². The zero-order valence-electron chi connectivity index (χ0n) is 12.3. The van der Waals surface area contributed by atoms with Gasteiger partial charge in [-0.3, -0.25) is 9.69 Å². The van der Waals surface area contributed by atoms with Gasteiger partial charge in [0, 0.05) is 6.54 Å². The van der Waals surface area contributed by atoms with Gasteiger partial charge in [0.25, 0.3) is 0 Å². The van der Waals surface area contributed by atoms with Crippen molar-refractivity contribution < 1.29 is 9.90 Å². The molecule has 1 aromatic carbocycles. The third kappa shape index (κ3) is 3.81. The summed E-state index contributed by atoms with van der Waals surface area (Å²) in [5.74, 6) is -0.173. The second kappa shape index (κ2) is 6.86. The summed E-state index contributed by atoms with van der Waals surface area (Å²) in [5.41, 5.74) is 0.857. The number of rotatable bonds is 5. The number of hydrogen-bond acceptors (Lipinski definition) is 3. The summed E-state index contributed by atoms with van der Waals surface area (Å²) in [7, 11) is 4.06. The summed E-state index contributed by atoms with van der Waals surface area (Å²) in [6.07, 6.45) is 2.31. The minimum Gasteiger partial charge on any atom is -0.480 e. The fraction of sp³-hybridized carbons (Fsp3) is 0.562. The minimum absolute atomic E-state index is 0.546. The van der Waals surface area contributed by atoms with Crippen LogP contribution in [0.25, 0.3) is 0 Å². The van der Waals surface area contributed by atoms with Gasteiger partial charge in [-0.1, -0.05) is 30.3 Å². The number of carboxylic acid groups (broad SMARTS) is 1. The largest absolute Gasteiger partial charge is 0.480 e. The fourth-order valence-corrected chi connectivity index (χ4v) is 2.98. The predicted octanol–water partition coefficient (Wildman–Crippen LogP) is 2.09. The molecule has 0 bridgehead atoms. The summed E-state index contributed by atoms with van der Waals surface area (Å²) in [6.45, 7) is 3.07. The van der Waals surface area contributed by atoms with Crippen molar-refractivity contribution in [3.63, 3.8) is 0 Å². The Kier molecular flexibility index (Phi) is 5.15. The first kappa shape index (κ1) is 15.0. The molecule has 1 unspecified atom stereocenters. The van der Waals surface area contributed by atoms with E-state index in [1.807, 2.05) is 42.3 Å². The second-order valence-electron chi connectivity index (χ2n) is 5.84.